The highest BCUT2D eigenvalue weighted by Gasteiger charge is 2.11. The van der Waals surface area contributed by atoms with Crippen LogP contribution in [0.5, 0.6) is 0 Å². The number of nitrogens with zero attached hydrogens (tertiary/aromatic N) is 1. The molecule has 0 aliphatic carbocycles. The minimum atomic E-state index is -0.270. The van der Waals surface area contributed by atoms with E-state index in [-0.39, 0.29) is 5.56 Å². The number of hydrogen-bond donors (Lipinski definition) is 1. The average molecular weight is 209 g/mol. The predicted octanol–water partition coefficient (Wildman–Crippen LogP) is 2.15. The molecule has 0 fully saturated rings. The highest BCUT2D eigenvalue weighted by molar-refractivity contribution is 5.26. The van der Waals surface area contributed by atoms with Crippen LogP contribution in [0.2, 0.25) is 0 Å². The van der Waals surface area contributed by atoms with Gasteiger partial charge in [0, 0.05) is 5.56 Å². The average Bonchev–Trinajstić information content (AvgIpc) is 2.14. The van der Waals surface area contributed by atoms with Gasteiger partial charge in [-0.1, -0.05) is 20.8 Å². The van der Waals surface area contributed by atoms with Crippen LogP contribution < -0.4 is 5.56 Å². The first-order valence-electron chi connectivity index (χ1n) is 5.41. The lowest BCUT2D eigenvalue weighted by atomic mass is 10.0. The molecule has 84 valence electrons. The largest absolute Gasteiger partial charge is 0.425 e. The third-order valence-electron chi connectivity index (χ3n) is 2.55. The fourth-order valence-corrected chi connectivity index (χ4v) is 1.82. The summed E-state index contributed by atoms with van der Waals surface area (Å²) in [7, 11) is 0. The molecule has 0 saturated carbocycles. The molecule has 3 heteroatoms. The third kappa shape index (κ3) is 2.41. The second-order valence-corrected chi connectivity index (χ2v) is 4.37. The van der Waals surface area contributed by atoms with E-state index >= 15 is 0 Å². The van der Waals surface area contributed by atoms with Gasteiger partial charge < -0.3 is 5.21 Å². The van der Waals surface area contributed by atoms with E-state index in [2.05, 4.69) is 13.8 Å². The van der Waals surface area contributed by atoms with Gasteiger partial charge >= 0.3 is 0 Å². The van der Waals surface area contributed by atoms with Crippen LogP contribution in [0.4, 0.5) is 0 Å². The summed E-state index contributed by atoms with van der Waals surface area (Å²) in [6.45, 7) is 7.97. The topological polar surface area (TPSA) is 42.2 Å². The molecule has 0 saturated heterocycles. The van der Waals surface area contributed by atoms with Gasteiger partial charge in [0.2, 0.25) is 0 Å². The van der Waals surface area contributed by atoms with Gasteiger partial charge in [-0.05, 0) is 37.3 Å². The van der Waals surface area contributed by atoms with Crippen molar-refractivity contribution in [1.29, 1.82) is 0 Å². The molecule has 0 unspecified atom stereocenters. The van der Waals surface area contributed by atoms with Gasteiger partial charge in [0.25, 0.3) is 5.56 Å². The lowest BCUT2D eigenvalue weighted by Gasteiger charge is -2.12. The Hall–Kier alpha value is -1.25. The zero-order valence-corrected chi connectivity index (χ0v) is 9.87. The van der Waals surface area contributed by atoms with Crippen molar-refractivity contribution >= 4 is 0 Å². The summed E-state index contributed by atoms with van der Waals surface area (Å²) in [6, 6.07) is 1.90. The molecule has 0 aliphatic rings. The van der Waals surface area contributed by atoms with Crippen molar-refractivity contribution in [2.45, 2.75) is 40.5 Å². The molecule has 1 aromatic heterocycles. The first kappa shape index (κ1) is 11.8. The summed E-state index contributed by atoms with van der Waals surface area (Å²) in [4.78, 5) is 11.7. The van der Waals surface area contributed by atoms with Crippen LogP contribution >= 0.6 is 0 Å². The predicted molar refractivity (Wildman–Crippen MR) is 60.5 cm³/mol. The number of aromatic nitrogens is 1. The first-order chi connectivity index (χ1) is 6.97. The second kappa shape index (κ2) is 4.51. The normalized spacial score (nSPS) is 11.0. The summed E-state index contributed by atoms with van der Waals surface area (Å²) in [5.41, 5.74) is 2.10. The van der Waals surface area contributed by atoms with Crippen molar-refractivity contribution in [3.05, 3.63) is 33.2 Å². The van der Waals surface area contributed by atoms with Gasteiger partial charge in [0.1, 0.15) is 0 Å². The molecule has 0 aliphatic heterocycles. The summed E-state index contributed by atoms with van der Waals surface area (Å²) >= 11 is 0. The van der Waals surface area contributed by atoms with E-state index in [1.807, 2.05) is 19.9 Å². The zero-order valence-electron chi connectivity index (χ0n) is 9.87. The molecule has 0 amide bonds. The van der Waals surface area contributed by atoms with E-state index in [0.29, 0.717) is 23.6 Å². The Morgan fingerprint density at radius 2 is 2.07 bits per heavy atom. The Bertz CT molecular complexity index is 405. The monoisotopic (exact) mass is 209 g/mol. The number of aryl methyl sites for hydroxylation is 1. The molecule has 1 N–H and O–H groups in total. The molecule has 0 bridgehead atoms. The third-order valence-corrected chi connectivity index (χ3v) is 2.55. The Morgan fingerprint density at radius 3 is 2.53 bits per heavy atom. The van der Waals surface area contributed by atoms with Gasteiger partial charge in [0.05, 0.1) is 5.69 Å². The van der Waals surface area contributed by atoms with Crippen molar-refractivity contribution in [2.24, 2.45) is 5.92 Å². The van der Waals surface area contributed by atoms with Gasteiger partial charge in [-0.15, -0.1) is 0 Å². The van der Waals surface area contributed by atoms with E-state index in [9.17, 15) is 10.0 Å². The van der Waals surface area contributed by atoms with E-state index in [4.69, 9.17) is 0 Å². The number of rotatable bonds is 3. The molecule has 0 radical (unpaired) electrons. The molecule has 3 nitrogen and oxygen atoms in total. The second-order valence-electron chi connectivity index (χ2n) is 4.37. The molecule has 1 aromatic rings. The van der Waals surface area contributed by atoms with Crippen molar-refractivity contribution < 1.29 is 5.21 Å². The van der Waals surface area contributed by atoms with Crippen LogP contribution in [0.25, 0.3) is 0 Å². The summed E-state index contributed by atoms with van der Waals surface area (Å²) in [5.74, 6) is 0.426. The molecule has 1 rings (SSSR count). The van der Waals surface area contributed by atoms with Crippen LogP contribution in [0.1, 0.15) is 37.6 Å². The lowest BCUT2D eigenvalue weighted by Crippen LogP contribution is -2.26. The Balaban J connectivity index is 3.28. The highest BCUT2D eigenvalue weighted by Crippen LogP contribution is 2.10. The van der Waals surface area contributed by atoms with Gasteiger partial charge in [-0.2, -0.15) is 4.73 Å². The molecular weight excluding hydrogens is 190 g/mol. The van der Waals surface area contributed by atoms with Crippen LogP contribution in [0, 0.1) is 12.8 Å². The van der Waals surface area contributed by atoms with Crippen LogP contribution in [0.15, 0.2) is 10.9 Å². The molecule has 0 spiro atoms. The van der Waals surface area contributed by atoms with Crippen LogP contribution in [-0.2, 0) is 12.8 Å². The Labute approximate surface area is 90.3 Å². The summed E-state index contributed by atoms with van der Waals surface area (Å²) in [5, 5.41) is 9.69. The summed E-state index contributed by atoms with van der Waals surface area (Å²) in [6.07, 6.45) is 1.38. The lowest BCUT2D eigenvalue weighted by molar-refractivity contribution is 0.162. The van der Waals surface area contributed by atoms with E-state index < -0.39 is 0 Å². The standard InChI is InChI=1S/C12H19NO2/c1-5-11-9(4)7-10(6-8(2)3)13(15)12(11)14/h7-8,15H,5-6H2,1-4H3. The van der Waals surface area contributed by atoms with E-state index in [1.165, 1.54) is 0 Å². The maximum atomic E-state index is 11.7. The Morgan fingerprint density at radius 1 is 1.47 bits per heavy atom. The fourth-order valence-electron chi connectivity index (χ4n) is 1.82. The summed E-state index contributed by atoms with van der Waals surface area (Å²) < 4.78 is 0.797. The van der Waals surface area contributed by atoms with E-state index in [0.717, 1.165) is 16.7 Å². The van der Waals surface area contributed by atoms with Crippen LogP contribution in [0.3, 0.4) is 0 Å². The molecule has 15 heavy (non-hydrogen) atoms. The van der Waals surface area contributed by atoms with E-state index in [1.54, 1.807) is 0 Å². The molecule has 0 aromatic carbocycles. The SMILES string of the molecule is CCc1c(C)cc(CC(C)C)n(O)c1=O. The minimum Gasteiger partial charge on any atom is -0.425 e. The number of hydrogen-bond acceptors (Lipinski definition) is 2. The fraction of sp³-hybridized carbons (Fsp3) is 0.583. The van der Waals surface area contributed by atoms with Crippen molar-refractivity contribution in [3.8, 4) is 0 Å². The number of pyridine rings is 1. The van der Waals surface area contributed by atoms with Gasteiger partial charge in [-0.3, -0.25) is 4.79 Å². The van der Waals surface area contributed by atoms with Crippen molar-refractivity contribution in [2.75, 3.05) is 0 Å². The first-order valence-corrected chi connectivity index (χ1v) is 5.41. The van der Waals surface area contributed by atoms with Gasteiger partial charge in [0.15, 0.2) is 0 Å². The van der Waals surface area contributed by atoms with Gasteiger partial charge in [-0.25, -0.2) is 0 Å². The smallest absolute Gasteiger partial charge is 0.286 e. The van der Waals surface area contributed by atoms with Crippen molar-refractivity contribution in [3.63, 3.8) is 0 Å². The molecule has 0 atom stereocenters. The maximum Gasteiger partial charge on any atom is 0.286 e. The van der Waals surface area contributed by atoms with Crippen molar-refractivity contribution in [1.82, 2.24) is 4.73 Å². The molecular formula is C12H19NO2. The highest BCUT2D eigenvalue weighted by atomic mass is 16.5. The minimum absolute atomic E-state index is 0.270. The quantitative estimate of drug-likeness (QED) is 0.775. The Kier molecular flexibility index (Phi) is 3.56. The zero-order chi connectivity index (χ0) is 11.6. The maximum absolute atomic E-state index is 11.7. The van der Waals surface area contributed by atoms with Crippen LogP contribution in [-0.4, -0.2) is 9.94 Å². The molecule has 1 heterocycles.